The number of halogens is 1. The number of allylic oxidation sites excluding steroid dienone is 4. The first-order valence-corrected chi connectivity index (χ1v) is 12.4. The minimum absolute atomic E-state index is 0.271. The summed E-state index contributed by atoms with van der Waals surface area (Å²) < 4.78 is 37.3. The smallest absolute Gasteiger partial charge is 0.247 e. The van der Waals surface area contributed by atoms with E-state index in [2.05, 4.69) is 26.5 Å². The second-order valence-corrected chi connectivity index (χ2v) is 7.98. The molecule has 0 fully saturated rings. The maximum Gasteiger partial charge on any atom is 0.247 e. The molecule has 3 rings (SSSR count). The van der Waals surface area contributed by atoms with Gasteiger partial charge >= 0.3 is 0 Å². The molecule has 0 amide bonds. The largest absolute Gasteiger partial charge is 0.336 e. The van der Waals surface area contributed by atoms with Crippen molar-refractivity contribution in [3.8, 4) is 11.3 Å². The van der Waals surface area contributed by atoms with Crippen molar-refractivity contribution in [2.24, 2.45) is 9.98 Å². The summed E-state index contributed by atoms with van der Waals surface area (Å²) in [6.45, 7) is 13.6. The topological polar surface area (TPSA) is 87.5 Å². The number of benzene rings is 1. The fourth-order valence-electron chi connectivity index (χ4n) is 2.67. The van der Waals surface area contributed by atoms with Crippen LogP contribution in [0.1, 0.15) is 52.6 Å². The molecule has 8 heteroatoms. The lowest BCUT2D eigenvalue weighted by Crippen LogP contribution is -2.10. The van der Waals surface area contributed by atoms with Crippen molar-refractivity contribution in [3.63, 3.8) is 0 Å². The molecule has 0 saturated heterocycles. The first kappa shape index (κ1) is 26.9. The van der Waals surface area contributed by atoms with E-state index in [1.807, 2.05) is 40.7 Å². The number of aromatic nitrogens is 2. The monoisotopic (exact) mass is 458 g/mol. The molecule has 0 unspecified atom stereocenters. The Morgan fingerprint density at radius 3 is 2.31 bits per heavy atom. The van der Waals surface area contributed by atoms with Gasteiger partial charge in [0, 0.05) is 30.0 Å². The molecule has 0 aliphatic carbocycles. The lowest BCUT2D eigenvalue weighted by atomic mass is 10.1. The van der Waals surface area contributed by atoms with Crippen LogP contribution in [0.3, 0.4) is 0 Å². The molecule has 1 aromatic heterocycles. The summed E-state index contributed by atoms with van der Waals surface area (Å²) in [5.41, 5.74) is 2.89. The Labute approximate surface area is 190 Å². The van der Waals surface area contributed by atoms with Gasteiger partial charge in [-0.25, -0.2) is 27.8 Å². The van der Waals surface area contributed by atoms with Crippen LogP contribution in [0.15, 0.2) is 59.1 Å². The van der Waals surface area contributed by atoms with Crippen molar-refractivity contribution in [2.75, 3.05) is 6.26 Å². The molecule has 0 spiro atoms. The molecule has 0 bridgehead atoms. The Hall–Kier alpha value is -3.13. The molecule has 32 heavy (non-hydrogen) atoms. The molecule has 1 N–H and O–H groups in total. The van der Waals surface area contributed by atoms with Crippen LogP contribution < -0.4 is 0 Å². The van der Waals surface area contributed by atoms with Gasteiger partial charge in [-0.05, 0) is 31.2 Å². The van der Waals surface area contributed by atoms with Crippen LogP contribution in [0.5, 0.6) is 0 Å². The van der Waals surface area contributed by atoms with Gasteiger partial charge in [0.25, 0.3) is 0 Å². The molecule has 0 atom stereocenters. The quantitative estimate of drug-likeness (QED) is 0.564. The van der Waals surface area contributed by atoms with Crippen LogP contribution in [0.25, 0.3) is 22.5 Å². The summed E-state index contributed by atoms with van der Waals surface area (Å²) >= 11 is 0. The second-order valence-electron chi connectivity index (χ2n) is 6.07. The standard InChI is InChI=1S/C20H19FN4O2S.2C2H6/c1-4-13(5-2)19-24-17(14-8-10-15(21)11-9-14)18(25-19)16-7-6-12-22-20(23-16)28(3,26)27;2*1-2/h4-5,7-12H,1,6H2,2-3H3,(H,24,25);2*1-2H3/b13-5+;;. The van der Waals surface area contributed by atoms with Crippen LogP contribution >= 0.6 is 0 Å². The van der Waals surface area contributed by atoms with Gasteiger partial charge in [-0.1, -0.05) is 52.5 Å². The molecule has 6 nitrogen and oxygen atoms in total. The highest BCUT2D eigenvalue weighted by Crippen LogP contribution is 2.31. The molecule has 1 aliphatic heterocycles. The average molecular weight is 459 g/mol. The Balaban J connectivity index is 0.00000121. The number of sulfone groups is 1. The fourth-order valence-corrected chi connectivity index (χ4v) is 3.20. The predicted molar refractivity (Wildman–Crippen MR) is 134 cm³/mol. The summed E-state index contributed by atoms with van der Waals surface area (Å²) in [7, 11) is -3.59. The summed E-state index contributed by atoms with van der Waals surface area (Å²) in [5, 5.41) is -0.271. The van der Waals surface area contributed by atoms with E-state index in [-0.39, 0.29) is 11.0 Å². The Morgan fingerprint density at radius 2 is 1.78 bits per heavy atom. The van der Waals surface area contributed by atoms with Crippen LogP contribution in [0.2, 0.25) is 0 Å². The van der Waals surface area contributed by atoms with E-state index in [0.717, 1.165) is 11.8 Å². The lowest BCUT2D eigenvalue weighted by Gasteiger charge is -2.04. The number of nitrogens with zero attached hydrogens (tertiary/aromatic N) is 3. The Kier molecular flexibility index (Phi) is 10.6. The molecular weight excluding hydrogens is 427 g/mol. The van der Waals surface area contributed by atoms with E-state index >= 15 is 0 Å². The summed E-state index contributed by atoms with van der Waals surface area (Å²) in [6.07, 6.45) is 8.22. The van der Waals surface area contributed by atoms with Crippen molar-refractivity contribution >= 4 is 32.5 Å². The fraction of sp³-hybridized carbons (Fsp3) is 0.292. The molecule has 2 aromatic rings. The summed E-state index contributed by atoms with van der Waals surface area (Å²) in [6, 6.07) is 5.90. The van der Waals surface area contributed by atoms with Gasteiger partial charge in [0.2, 0.25) is 15.0 Å². The third-order valence-electron chi connectivity index (χ3n) is 4.05. The molecule has 1 aromatic carbocycles. The molecule has 1 aliphatic rings. The highest BCUT2D eigenvalue weighted by Gasteiger charge is 2.21. The summed E-state index contributed by atoms with van der Waals surface area (Å²) in [5.74, 6) is 0.190. The molecule has 0 radical (unpaired) electrons. The number of imidazole rings is 1. The number of rotatable bonds is 4. The number of aliphatic imine (C=N–C) groups is 2. The van der Waals surface area contributed by atoms with E-state index in [1.54, 1.807) is 24.3 Å². The third kappa shape index (κ3) is 6.68. The first-order chi connectivity index (χ1) is 15.3. The van der Waals surface area contributed by atoms with Gasteiger partial charge in [0.05, 0.1) is 17.1 Å². The predicted octanol–water partition coefficient (Wildman–Crippen LogP) is 6.07. The van der Waals surface area contributed by atoms with Crippen LogP contribution in [0.4, 0.5) is 4.39 Å². The van der Waals surface area contributed by atoms with E-state index < -0.39 is 9.84 Å². The number of hydrogen-bond donors (Lipinski definition) is 1. The van der Waals surface area contributed by atoms with E-state index in [4.69, 9.17) is 0 Å². The maximum atomic E-state index is 13.4. The summed E-state index contributed by atoms with van der Waals surface area (Å²) in [4.78, 5) is 16.0. The van der Waals surface area contributed by atoms with Gasteiger partial charge in [-0.3, -0.25) is 0 Å². The van der Waals surface area contributed by atoms with E-state index in [1.165, 1.54) is 18.3 Å². The van der Waals surface area contributed by atoms with Gasteiger partial charge < -0.3 is 4.98 Å². The minimum atomic E-state index is -3.59. The molecular formula is C24H31FN4O2S. The molecule has 2 heterocycles. The zero-order valence-corrected chi connectivity index (χ0v) is 20.3. The van der Waals surface area contributed by atoms with E-state index in [9.17, 15) is 12.8 Å². The van der Waals surface area contributed by atoms with Crippen molar-refractivity contribution in [1.29, 1.82) is 0 Å². The number of nitrogens with one attached hydrogen (secondary N) is 1. The number of H-pyrrole nitrogens is 1. The second kappa shape index (κ2) is 12.7. The zero-order valence-electron chi connectivity index (χ0n) is 19.5. The highest BCUT2D eigenvalue weighted by atomic mass is 32.2. The minimum Gasteiger partial charge on any atom is -0.336 e. The molecule has 172 valence electrons. The normalized spacial score (nSPS) is 13.5. The van der Waals surface area contributed by atoms with Gasteiger partial charge in [0.1, 0.15) is 11.6 Å². The van der Waals surface area contributed by atoms with E-state index in [0.29, 0.717) is 34.9 Å². The first-order valence-electron chi connectivity index (χ1n) is 10.5. The van der Waals surface area contributed by atoms with Gasteiger partial charge in [-0.2, -0.15) is 0 Å². The Bertz CT molecular complexity index is 1140. The lowest BCUT2D eigenvalue weighted by molar-refractivity contribution is 0.612. The van der Waals surface area contributed by atoms with Crippen LogP contribution in [0, 0.1) is 5.82 Å². The van der Waals surface area contributed by atoms with Crippen LogP contribution in [-0.4, -0.2) is 36.0 Å². The third-order valence-corrected chi connectivity index (χ3v) is 4.91. The van der Waals surface area contributed by atoms with Gasteiger partial charge in [0.15, 0.2) is 0 Å². The van der Waals surface area contributed by atoms with Gasteiger partial charge in [-0.15, -0.1) is 0 Å². The number of amidine groups is 1. The average Bonchev–Trinajstić information content (AvgIpc) is 3.06. The van der Waals surface area contributed by atoms with Crippen molar-refractivity contribution in [2.45, 2.75) is 41.0 Å². The van der Waals surface area contributed by atoms with Crippen molar-refractivity contribution in [1.82, 2.24) is 9.97 Å². The highest BCUT2D eigenvalue weighted by molar-refractivity contribution is 8.05. The van der Waals surface area contributed by atoms with Crippen molar-refractivity contribution < 1.29 is 12.8 Å². The number of aromatic amines is 1. The Morgan fingerprint density at radius 1 is 1.16 bits per heavy atom. The maximum absolute atomic E-state index is 13.4. The van der Waals surface area contributed by atoms with Crippen LogP contribution in [-0.2, 0) is 9.84 Å². The molecule has 0 saturated carbocycles. The van der Waals surface area contributed by atoms with Crippen molar-refractivity contribution in [3.05, 3.63) is 66.4 Å². The SMILES string of the molecule is C=C/C(=C\C)c1nc(-c2ccc(F)cc2)c(C2=CCC=NC(S(C)(=O)=O)=N2)[nH]1.CC.CC. The zero-order chi connectivity index (χ0) is 24.3. The number of hydrogen-bond acceptors (Lipinski definition) is 5.